The Labute approximate surface area is 123 Å². The summed E-state index contributed by atoms with van der Waals surface area (Å²) in [5, 5.41) is 9.47. The Bertz CT molecular complexity index is 507. The molecule has 0 aromatic heterocycles. The third-order valence-corrected chi connectivity index (χ3v) is 4.98. The first-order valence-corrected chi connectivity index (χ1v) is 7.49. The van der Waals surface area contributed by atoms with Gasteiger partial charge in [0.05, 0.1) is 24.4 Å². The second-order valence-electron chi connectivity index (χ2n) is 5.80. The van der Waals surface area contributed by atoms with Crippen LogP contribution < -0.4 is 0 Å². The van der Waals surface area contributed by atoms with Crippen molar-refractivity contribution in [3.05, 3.63) is 23.3 Å². The largest absolute Gasteiger partial charge is 0.463 e. The zero-order valence-electron chi connectivity index (χ0n) is 12.3. The maximum Gasteiger partial charge on any atom is 0.335 e. The molecule has 0 aromatic rings. The molecule has 3 unspecified atom stereocenters. The molecule has 1 N–H and O–H groups in total. The summed E-state index contributed by atoms with van der Waals surface area (Å²) in [6.07, 6.45) is 4.79. The van der Waals surface area contributed by atoms with Crippen molar-refractivity contribution in [1.29, 1.82) is 0 Å². The molecule has 0 heterocycles. The molecule has 1 fully saturated rings. The molecule has 3 aliphatic rings. The van der Waals surface area contributed by atoms with Gasteiger partial charge in [0.2, 0.25) is 0 Å². The lowest BCUT2D eigenvalue weighted by atomic mass is 9.86. The van der Waals surface area contributed by atoms with Crippen LogP contribution >= 0.6 is 0 Å². The van der Waals surface area contributed by atoms with Gasteiger partial charge in [0.1, 0.15) is 0 Å². The zero-order valence-corrected chi connectivity index (χ0v) is 12.3. The van der Waals surface area contributed by atoms with Crippen molar-refractivity contribution in [2.45, 2.75) is 20.3 Å². The Kier molecular flexibility index (Phi) is 3.40. The number of ether oxygens (including phenoxy) is 2. The summed E-state index contributed by atoms with van der Waals surface area (Å²) < 4.78 is 10.3. The first kappa shape index (κ1) is 14.3. The lowest BCUT2D eigenvalue weighted by Gasteiger charge is -2.17. The molecular formula is C16H20O5. The van der Waals surface area contributed by atoms with E-state index >= 15 is 0 Å². The number of aliphatic hydroxyl groups excluding tert-OH is 1. The van der Waals surface area contributed by atoms with Gasteiger partial charge in [-0.15, -0.1) is 0 Å². The van der Waals surface area contributed by atoms with Crippen LogP contribution in [-0.4, -0.2) is 36.9 Å². The third-order valence-electron chi connectivity index (χ3n) is 4.98. The van der Waals surface area contributed by atoms with E-state index in [0.29, 0.717) is 11.1 Å². The fourth-order valence-corrected chi connectivity index (χ4v) is 4.09. The highest BCUT2D eigenvalue weighted by Gasteiger charge is 2.70. The van der Waals surface area contributed by atoms with Crippen LogP contribution in [0.4, 0.5) is 0 Å². The Morgan fingerprint density at radius 1 is 1.14 bits per heavy atom. The second-order valence-corrected chi connectivity index (χ2v) is 5.80. The number of hydrogen-bond acceptors (Lipinski definition) is 5. The van der Waals surface area contributed by atoms with Gasteiger partial charge in [0.25, 0.3) is 0 Å². The van der Waals surface area contributed by atoms with Crippen molar-refractivity contribution in [3.63, 3.8) is 0 Å². The van der Waals surface area contributed by atoms with Gasteiger partial charge >= 0.3 is 11.9 Å². The molecule has 21 heavy (non-hydrogen) atoms. The van der Waals surface area contributed by atoms with Gasteiger partial charge in [-0.3, -0.25) is 0 Å². The molecule has 0 aromatic carbocycles. The Balaban J connectivity index is 1.98. The van der Waals surface area contributed by atoms with E-state index in [1.165, 1.54) is 0 Å². The minimum Gasteiger partial charge on any atom is -0.463 e. The van der Waals surface area contributed by atoms with Crippen LogP contribution in [0.15, 0.2) is 23.3 Å². The Morgan fingerprint density at radius 2 is 1.62 bits per heavy atom. The molecule has 1 spiro atoms. The summed E-state index contributed by atoms with van der Waals surface area (Å²) in [5.41, 5.74) is 0.691. The van der Waals surface area contributed by atoms with Crippen molar-refractivity contribution in [1.82, 2.24) is 0 Å². The van der Waals surface area contributed by atoms with Gasteiger partial charge in [-0.25, -0.2) is 9.59 Å². The normalized spacial score (nSPS) is 35.5. The molecule has 0 saturated heterocycles. The van der Waals surface area contributed by atoms with E-state index < -0.39 is 11.9 Å². The van der Waals surface area contributed by atoms with Crippen molar-refractivity contribution < 1.29 is 24.2 Å². The van der Waals surface area contributed by atoms with Crippen molar-refractivity contribution in [2.24, 2.45) is 23.2 Å². The molecule has 5 nitrogen and oxygen atoms in total. The average Bonchev–Trinajstić information content (AvgIpc) is 3.02. The molecule has 1 saturated carbocycles. The summed E-state index contributed by atoms with van der Waals surface area (Å²) in [6.45, 7) is 4.12. The van der Waals surface area contributed by atoms with E-state index in [1.807, 2.05) is 12.2 Å². The van der Waals surface area contributed by atoms with E-state index in [1.54, 1.807) is 13.8 Å². The predicted molar refractivity (Wildman–Crippen MR) is 74.0 cm³/mol. The molecule has 3 aliphatic carbocycles. The molecule has 3 rings (SSSR count). The second kappa shape index (κ2) is 4.98. The summed E-state index contributed by atoms with van der Waals surface area (Å²) >= 11 is 0. The molecule has 3 atom stereocenters. The molecule has 0 amide bonds. The van der Waals surface area contributed by atoms with Gasteiger partial charge in [-0.05, 0) is 31.6 Å². The minimum atomic E-state index is -0.430. The summed E-state index contributed by atoms with van der Waals surface area (Å²) in [4.78, 5) is 24.6. The topological polar surface area (TPSA) is 72.8 Å². The van der Waals surface area contributed by atoms with E-state index in [0.717, 1.165) is 6.42 Å². The average molecular weight is 292 g/mol. The molecular weight excluding hydrogens is 272 g/mol. The summed E-state index contributed by atoms with van der Waals surface area (Å²) in [7, 11) is 0. The van der Waals surface area contributed by atoms with Crippen LogP contribution in [0.25, 0.3) is 0 Å². The molecule has 0 aliphatic heterocycles. The number of hydrogen-bond donors (Lipinski definition) is 1. The monoisotopic (exact) mass is 292 g/mol. The van der Waals surface area contributed by atoms with Gasteiger partial charge in [-0.1, -0.05) is 12.2 Å². The standard InChI is InChI=1S/C16H20O5/c1-3-20-14(18)12-10-5-6-11(13(12)15(19)21-4-2)16(10)7-9(16)8-17/h5-6,9-11,17H,3-4,7-8H2,1-2H3. The van der Waals surface area contributed by atoms with Crippen molar-refractivity contribution >= 4 is 11.9 Å². The van der Waals surface area contributed by atoms with E-state index in [2.05, 4.69) is 0 Å². The summed E-state index contributed by atoms with van der Waals surface area (Å²) in [6, 6.07) is 0. The van der Waals surface area contributed by atoms with Gasteiger partial charge in [-0.2, -0.15) is 0 Å². The fraction of sp³-hybridized carbons (Fsp3) is 0.625. The maximum absolute atomic E-state index is 12.3. The first-order chi connectivity index (χ1) is 10.1. The fourth-order valence-electron chi connectivity index (χ4n) is 4.09. The minimum absolute atomic E-state index is 0.0842. The van der Waals surface area contributed by atoms with Gasteiger partial charge < -0.3 is 14.6 Å². The quantitative estimate of drug-likeness (QED) is 0.609. The lowest BCUT2D eigenvalue weighted by molar-refractivity contribution is -0.142. The molecule has 114 valence electrons. The molecule has 5 heteroatoms. The van der Waals surface area contributed by atoms with Crippen LogP contribution in [0.3, 0.4) is 0 Å². The van der Waals surface area contributed by atoms with Crippen molar-refractivity contribution in [2.75, 3.05) is 19.8 Å². The van der Waals surface area contributed by atoms with Gasteiger partial charge in [0.15, 0.2) is 0 Å². The number of carbonyl (C=O) groups excluding carboxylic acids is 2. The Hall–Kier alpha value is -1.62. The number of aliphatic hydroxyl groups is 1. The van der Waals surface area contributed by atoms with Crippen molar-refractivity contribution in [3.8, 4) is 0 Å². The number of esters is 2. The van der Waals surface area contributed by atoms with Crippen LogP contribution in [0.5, 0.6) is 0 Å². The van der Waals surface area contributed by atoms with E-state index in [4.69, 9.17) is 9.47 Å². The van der Waals surface area contributed by atoms with Crippen LogP contribution in [0, 0.1) is 23.2 Å². The Morgan fingerprint density at radius 3 is 1.95 bits per heavy atom. The summed E-state index contributed by atoms with van der Waals surface area (Å²) in [5.74, 6) is -0.976. The highest BCUT2D eigenvalue weighted by molar-refractivity contribution is 6.04. The van der Waals surface area contributed by atoms with Crippen LogP contribution in [0.1, 0.15) is 20.3 Å². The predicted octanol–water partition coefficient (Wildman–Crippen LogP) is 1.22. The number of rotatable bonds is 5. The smallest absolute Gasteiger partial charge is 0.335 e. The number of carbonyl (C=O) groups is 2. The van der Waals surface area contributed by atoms with E-state index in [9.17, 15) is 14.7 Å². The zero-order chi connectivity index (χ0) is 15.2. The van der Waals surface area contributed by atoms with Gasteiger partial charge in [0, 0.05) is 18.4 Å². The van der Waals surface area contributed by atoms with Crippen LogP contribution in [-0.2, 0) is 19.1 Å². The SMILES string of the molecule is CCOC(=O)C1=C(C(=O)OCC)C2C=CC1C21CC1CO. The van der Waals surface area contributed by atoms with Crippen LogP contribution in [0.2, 0.25) is 0 Å². The number of allylic oxidation sites excluding steroid dienone is 2. The highest BCUT2D eigenvalue weighted by Crippen LogP contribution is 2.73. The maximum atomic E-state index is 12.3. The molecule has 0 radical (unpaired) electrons. The first-order valence-electron chi connectivity index (χ1n) is 7.49. The molecule has 2 bridgehead atoms. The lowest BCUT2D eigenvalue weighted by Crippen LogP contribution is -2.19. The third kappa shape index (κ3) is 1.80. The van der Waals surface area contributed by atoms with E-state index in [-0.39, 0.29) is 43.0 Å². The highest BCUT2D eigenvalue weighted by atomic mass is 16.5.